The second-order valence-corrected chi connectivity index (χ2v) is 3.52. The lowest BCUT2D eigenvalue weighted by molar-refractivity contribution is 0.791. The molecule has 0 aromatic heterocycles. The molecule has 3 nitrogen and oxygen atoms in total. The minimum absolute atomic E-state index is 0.632. The molecule has 0 radical (unpaired) electrons. The van der Waals surface area contributed by atoms with Gasteiger partial charge in [-0.15, -0.1) is 0 Å². The lowest BCUT2D eigenvalue weighted by Gasteiger charge is -2.04. The van der Waals surface area contributed by atoms with Gasteiger partial charge in [0.1, 0.15) is 0 Å². The molecule has 0 saturated carbocycles. The van der Waals surface area contributed by atoms with Crippen LogP contribution in [-0.2, 0) is 0 Å². The van der Waals surface area contributed by atoms with Crippen LogP contribution in [-0.4, -0.2) is 26.2 Å². The molecule has 2 rings (SSSR count). The Kier molecular flexibility index (Phi) is 2.38. The van der Waals surface area contributed by atoms with E-state index in [1.165, 1.54) is 5.69 Å². The Morgan fingerprint density at radius 2 is 2.21 bits per heavy atom. The fourth-order valence-corrected chi connectivity index (χ4v) is 1.63. The molecule has 1 saturated heterocycles. The fourth-order valence-electron chi connectivity index (χ4n) is 1.63. The van der Waals surface area contributed by atoms with E-state index in [0.717, 1.165) is 18.7 Å². The lowest BCUT2D eigenvalue weighted by atomic mass is 10.2. The fraction of sp³-hybridized carbons (Fsp3) is 0.364. The van der Waals surface area contributed by atoms with Crippen molar-refractivity contribution in [2.24, 2.45) is 0 Å². The topological polar surface area (TPSA) is 38.8 Å². The second-order valence-electron chi connectivity index (χ2n) is 3.52. The van der Waals surface area contributed by atoms with Crippen LogP contribution in [0.15, 0.2) is 24.3 Å². The third kappa shape index (κ3) is 1.70. The first kappa shape index (κ1) is 9.04. The van der Waals surface area contributed by atoms with Gasteiger partial charge in [-0.25, -0.2) is 0 Å². The van der Waals surface area contributed by atoms with Crippen molar-refractivity contribution in [3.8, 4) is 6.07 Å². The molecule has 1 unspecified atom stereocenters. The Labute approximate surface area is 84.0 Å². The highest BCUT2D eigenvalue weighted by molar-refractivity contribution is 5.55. The Hall–Kier alpha value is -1.53. The van der Waals surface area contributed by atoms with E-state index >= 15 is 0 Å². The van der Waals surface area contributed by atoms with Crippen molar-refractivity contribution in [2.75, 3.05) is 25.0 Å². The number of hydrogen-bond acceptors (Lipinski definition) is 3. The van der Waals surface area contributed by atoms with Gasteiger partial charge in [0.25, 0.3) is 0 Å². The third-order valence-corrected chi connectivity index (χ3v) is 2.48. The molecule has 0 bridgehead atoms. The molecule has 1 aromatic carbocycles. The molecule has 1 fully saturated rings. The van der Waals surface area contributed by atoms with Crippen molar-refractivity contribution < 1.29 is 0 Å². The zero-order valence-corrected chi connectivity index (χ0v) is 8.20. The van der Waals surface area contributed by atoms with Gasteiger partial charge >= 0.3 is 0 Å². The van der Waals surface area contributed by atoms with E-state index in [4.69, 9.17) is 5.26 Å². The third-order valence-electron chi connectivity index (χ3n) is 2.48. The normalized spacial score (nSPS) is 19.1. The first-order valence-electron chi connectivity index (χ1n) is 4.76. The molecule has 1 aliphatic rings. The van der Waals surface area contributed by atoms with Crippen molar-refractivity contribution in [1.82, 2.24) is 5.32 Å². The molecular formula is C11H13N3. The van der Waals surface area contributed by atoms with Crippen LogP contribution in [0.1, 0.15) is 5.56 Å². The van der Waals surface area contributed by atoms with E-state index in [1.807, 2.05) is 31.3 Å². The molecule has 1 atom stereocenters. The molecule has 0 amide bonds. The summed E-state index contributed by atoms with van der Waals surface area (Å²) in [5.41, 5.74) is 1.94. The molecule has 14 heavy (non-hydrogen) atoms. The molecule has 0 aliphatic carbocycles. The zero-order chi connectivity index (χ0) is 9.97. The van der Waals surface area contributed by atoms with Gasteiger partial charge in [0.05, 0.1) is 17.7 Å². The summed E-state index contributed by atoms with van der Waals surface area (Å²) < 4.78 is 0. The van der Waals surface area contributed by atoms with Gasteiger partial charge in [-0.05, 0) is 31.3 Å². The van der Waals surface area contributed by atoms with Gasteiger partial charge in [-0.2, -0.15) is 5.26 Å². The van der Waals surface area contributed by atoms with E-state index in [2.05, 4.69) is 16.3 Å². The van der Waals surface area contributed by atoms with E-state index in [1.54, 1.807) is 0 Å². The molecule has 1 N–H and O–H groups in total. The van der Waals surface area contributed by atoms with Crippen molar-refractivity contribution in [3.63, 3.8) is 0 Å². The van der Waals surface area contributed by atoms with Gasteiger partial charge in [0, 0.05) is 18.8 Å². The predicted octanol–water partition coefficient (Wildman–Crippen LogP) is 0.966. The van der Waals surface area contributed by atoms with Gasteiger partial charge in [0.15, 0.2) is 0 Å². The van der Waals surface area contributed by atoms with Crippen LogP contribution < -0.4 is 10.2 Å². The summed E-state index contributed by atoms with van der Waals surface area (Å²) in [7, 11) is 1.97. The monoisotopic (exact) mass is 187 g/mol. The van der Waals surface area contributed by atoms with Crippen molar-refractivity contribution >= 4 is 5.69 Å². The van der Waals surface area contributed by atoms with Crippen LogP contribution in [0.4, 0.5) is 5.69 Å². The van der Waals surface area contributed by atoms with Crippen molar-refractivity contribution in [3.05, 3.63) is 29.8 Å². The molecule has 3 heteroatoms. The van der Waals surface area contributed by atoms with Gasteiger partial charge in [-0.1, -0.05) is 0 Å². The van der Waals surface area contributed by atoms with E-state index in [-0.39, 0.29) is 0 Å². The molecule has 0 spiro atoms. The maximum atomic E-state index is 8.65. The summed E-state index contributed by atoms with van der Waals surface area (Å²) in [6.45, 7) is 2.15. The number of nitrogens with zero attached hydrogens (tertiary/aromatic N) is 2. The first-order valence-corrected chi connectivity index (χ1v) is 4.76. The summed E-state index contributed by atoms with van der Waals surface area (Å²) in [4.78, 5) is 2.32. The van der Waals surface area contributed by atoms with Gasteiger partial charge < -0.3 is 10.2 Å². The Morgan fingerprint density at radius 1 is 1.50 bits per heavy atom. The SMILES string of the molecule is CNCC1CN1c1ccc(C#N)cc1. The lowest BCUT2D eigenvalue weighted by Crippen LogP contribution is -2.17. The average molecular weight is 187 g/mol. The Balaban J connectivity index is 2.02. The average Bonchev–Trinajstić information content (AvgIpc) is 2.98. The highest BCUT2D eigenvalue weighted by atomic mass is 15.3. The first-order chi connectivity index (χ1) is 6.85. The number of anilines is 1. The van der Waals surface area contributed by atoms with Gasteiger partial charge in [-0.3, -0.25) is 0 Å². The van der Waals surface area contributed by atoms with Crippen LogP contribution in [0.5, 0.6) is 0 Å². The second kappa shape index (κ2) is 3.69. The zero-order valence-electron chi connectivity index (χ0n) is 8.20. The number of hydrogen-bond donors (Lipinski definition) is 1. The van der Waals surface area contributed by atoms with Gasteiger partial charge in [0.2, 0.25) is 0 Å². The number of nitriles is 1. The summed E-state index contributed by atoms with van der Waals surface area (Å²) in [6.07, 6.45) is 0. The Bertz CT molecular complexity index is 350. The standard InChI is InChI=1S/C11H13N3/c1-13-7-11-8-14(11)10-4-2-9(6-12)3-5-10/h2-5,11,13H,7-8H2,1H3. The maximum absolute atomic E-state index is 8.65. The minimum Gasteiger partial charge on any atom is -0.363 e. The number of benzene rings is 1. The molecular weight excluding hydrogens is 174 g/mol. The van der Waals surface area contributed by atoms with E-state index in [0.29, 0.717) is 6.04 Å². The molecule has 72 valence electrons. The van der Waals surface area contributed by atoms with E-state index in [9.17, 15) is 0 Å². The number of nitrogens with one attached hydrogen (secondary N) is 1. The highest BCUT2D eigenvalue weighted by Crippen LogP contribution is 2.27. The van der Waals surface area contributed by atoms with Crippen LogP contribution in [0.3, 0.4) is 0 Å². The van der Waals surface area contributed by atoms with Crippen LogP contribution in [0, 0.1) is 11.3 Å². The largest absolute Gasteiger partial charge is 0.363 e. The summed E-state index contributed by atoms with van der Waals surface area (Å²) >= 11 is 0. The van der Waals surface area contributed by atoms with E-state index < -0.39 is 0 Å². The summed E-state index contributed by atoms with van der Waals surface area (Å²) in [6, 6.07) is 10.5. The number of rotatable bonds is 3. The summed E-state index contributed by atoms with van der Waals surface area (Å²) in [5.74, 6) is 0. The number of likely N-dealkylation sites (N-methyl/N-ethyl adjacent to an activating group) is 1. The summed E-state index contributed by atoms with van der Waals surface area (Å²) in [5, 5.41) is 11.8. The molecule has 1 aliphatic heterocycles. The quantitative estimate of drug-likeness (QED) is 0.716. The molecule has 1 heterocycles. The minimum atomic E-state index is 0.632. The predicted molar refractivity (Wildman–Crippen MR) is 56.2 cm³/mol. The maximum Gasteiger partial charge on any atom is 0.0991 e. The Morgan fingerprint density at radius 3 is 2.79 bits per heavy atom. The van der Waals surface area contributed by atoms with Crippen LogP contribution in [0.25, 0.3) is 0 Å². The highest BCUT2D eigenvalue weighted by Gasteiger charge is 2.32. The van der Waals surface area contributed by atoms with Crippen LogP contribution >= 0.6 is 0 Å². The smallest absolute Gasteiger partial charge is 0.0991 e. The van der Waals surface area contributed by atoms with Crippen LogP contribution in [0.2, 0.25) is 0 Å². The van der Waals surface area contributed by atoms with Crippen molar-refractivity contribution in [1.29, 1.82) is 5.26 Å². The van der Waals surface area contributed by atoms with Crippen molar-refractivity contribution in [2.45, 2.75) is 6.04 Å². The molecule has 1 aromatic rings.